The van der Waals surface area contributed by atoms with E-state index in [9.17, 15) is 13.2 Å². The molecule has 0 spiro atoms. The van der Waals surface area contributed by atoms with Crippen LogP contribution in [0.2, 0.25) is 0 Å². The van der Waals surface area contributed by atoms with Crippen molar-refractivity contribution in [3.05, 3.63) is 42.5 Å². The molecule has 0 radical (unpaired) electrons. The predicted octanol–water partition coefficient (Wildman–Crippen LogP) is -0.189. The van der Waals surface area contributed by atoms with Crippen molar-refractivity contribution in [1.29, 1.82) is 0 Å². The van der Waals surface area contributed by atoms with Gasteiger partial charge < -0.3 is 0 Å². The zero-order valence-electron chi connectivity index (χ0n) is 8.51. The Morgan fingerprint density at radius 3 is 2.38 bits per heavy atom. The molecule has 0 aromatic heterocycles. The van der Waals surface area contributed by atoms with Crippen LogP contribution in [0.3, 0.4) is 0 Å². The van der Waals surface area contributed by atoms with E-state index in [-0.39, 0.29) is 5.91 Å². The molecule has 1 aromatic carbocycles. The number of benzene rings is 1. The van der Waals surface area contributed by atoms with Crippen LogP contribution in [-0.4, -0.2) is 30.0 Å². The van der Waals surface area contributed by atoms with Gasteiger partial charge in [0.15, 0.2) is 0 Å². The predicted molar refractivity (Wildman–Crippen MR) is 64.2 cm³/mol. The minimum atomic E-state index is -3.10. The zero-order chi connectivity index (χ0) is 12.2. The van der Waals surface area contributed by atoms with Gasteiger partial charge in [0.1, 0.15) is 0 Å². The third kappa shape index (κ3) is 3.83. The summed E-state index contributed by atoms with van der Waals surface area (Å²) in [5.74, 6) is -0.254. The molecule has 0 aliphatic rings. The van der Waals surface area contributed by atoms with Crippen LogP contribution in [0.4, 0.5) is 0 Å². The van der Waals surface area contributed by atoms with Crippen LogP contribution in [0.15, 0.2) is 41.8 Å². The van der Waals surface area contributed by atoms with Crippen molar-refractivity contribution < 1.29 is 13.2 Å². The molecule has 1 aromatic rings. The van der Waals surface area contributed by atoms with E-state index in [0.29, 0.717) is 27.1 Å². The molecule has 1 amide bonds. The fourth-order valence-electron chi connectivity index (χ4n) is 1.06. The van der Waals surface area contributed by atoms with Crippen LogP contribution in [0.1, 0.15) is 5.56 Å². The van der Waals surface area contributed by atoms with Crippen molar-refractivity contribution in [1.82, 2.24) is 5.32 Å². The van der Waals surface area contributed by atoms with Gasteiger partial charge in [-0.05, 0) is 0 Å². The maximum absolute atomic E-state index is 11.2. The van der Waals surface area contributed by atoms with E-state index in [1.807, 2.05) is 0 Å². The monoisotopic (exact) mass is 301 g/mol. The average Bonchev–Trinajstić information content (AvgIpc) is 2.25. The molecule has 4 nitrogen and oxygen atoms in total. The molecule has 0 saturated heterocycles. The molecule has 0 fully saturated rings. The van der Waals surface area contributed by atoms with Crippen LogP contribution in [0, 0.1) is 0 Å². The number of carbonyl (C=O) groups excluding carboxylic acids is 1. The number of rotatable bonds is 4. The number of carbonyl (C=O) groups is 1. The Kier molecular flexibility index (Phi) is 4.33. The van der Waals surface area contributed by atoms with E-state index in [0.717, 1.165) is 5.56 Å². The molecule has 0 heterocycles. The first kappa shape index (κ1) is 13.0. The Morgan fingerprint density at radius 1 is 1.38 bits per heavy atom. The van der Waals surface area contributed by atoms with Gasteiger partial charge in [-0.15, -0.1) is 0 Å². The summed E-state index contributed by atoms with van der Waals surface area (Å²) in [5, 5.41) is 2.60. The summed E-state index contributed by atoms with van der Waals surface area (Å²) >= 11 is 0.681. The van der Waals surface area contributed by atoms with E-state index < -0.39 is 8.10 Å². The Balaban J connectivity index is 2.73. The number of hydrogen-bond donors (Lipinski definition) is 1. The van der Waals surface area contributed by atoms with Gasteiger partial charge in [0.2, 0.25) is 0 Å². The molecule has 86 valence electrons. The van der Waals surface area contributed by atoms with Gasteiger partial charge in [0.25, 0.3) is 0 Å². The summed E-state index contributed by atoms with van der Waals surface area (Å²) in [7, 11) is -3.10. The molecule has 1 N–H and O–H groups in total. The molecule has 1 unspecified atom stereocenters. The van der Waals surface area contributed by atoms with Crippen LogP contribution >= 0.6 is 0 Å². The van der Waals surface area contributed by atoms with Gasteiger partial charge in [-0.2, -0.15) is 0 Å². The van der Waals surface area contributed by atoms with Crippen LogP contribution in [0.5, 0.6) is 0 Å². The van der Waals surface area contributed by atoms with E-state index in [1.165, 1.54) is 18.2 Å². The fraction of sp³-hybridized carbons (Fsp3) is 0.100. The van der Waals surface area contributed by atoms with Crippen LogP contribution < -0.4 is 5.32 Å². The number of amides is 1. The summed E-state index contributed by atoms with van der Waals surface area (Å²) in [5.41, 5.74) is 0.843. The summed E-state index contributed by atoms with van der Waals surface area (Å²) in [4.78, 5) is 11.2. The quantitative estimate of drug-likeness (QED) is 0.619. The maximum atomic E-state index is 11.2. The van der Waals surface area contributed by atoms with Gasteiger partial charge >= 0.3 is 102 Å². The Labute approximate surface area is 102 Å². The number of nitrogens with one attached hydrogen (secondary N) is 1. The second-order valence-electron chi connectivity index (χ2n) is 3.11. The number of hydrogen-bond acceptors (Lipinski definition) is 3. The minimum absolute atomic E-state index is 0.254. The third-order valence-electron chi connectivity index (χ3n) is 1.90. The first-order chi connectivity index (χ1) is 7.43. The van der Waals surface area contributed by atoms with Crippen LogP contribution in [0.25, 0.3) is 0 Å². The van der Waals surface area contributed by atoms with Gasteiger partial charge in [-0.3, -0.25) is 0 Å². The zero-order valence-corrected chi connectivity index (χ0v) is 11.8. The normalized spacial score (nSPS) is 10.8. The van der Waals surface area contributed by atoms with Gasteiger partial charge in [-0.25, -0.2) is 0 Å². The van der Waals surface area contributed by atoms with Crippen molar-refractivity contribution in [3.63, 3.8) is 0 Å². The first-order valence-corrected chi connectivity index (χ1v) is 8.97. The van der Waals surface area contributed by atoms with Crippen LogP contribution in [-0.2, 0) is 19.4 Å². The van der Waals surface area contributed by atoms with E-state index in [4.69, 9.17) is 0 Å². The fourth-order valence-corrected chi connectivity index (χ4v) is 2.56. The molecule has 0 bridgehead atoms. The molecule has 1 rings (SSSR count). The Morgan fingerprint density at radius 2 is 1.94 bits per heavy atom. The molecule has 16 heavy (non-hydrogen) atoms. The van der Waals surface area contributed by atoms with Crippen molar-refractivity contribution in [2.24, 2.45) is 0 Å². The standard InChI is InChI=1S/C10H12AsNO3S/c1-2-10(13)12-7-8-3-5-9(6-4-8)16(11,14)15/h2-6H,1,7,11H2,(H,12,13). The van der Waals surface area contributed by atoms with E-state index in [1.54, 1.807) is 12.1 Å². The summed E-state index contributed by atoms with van der Waals surface area (Å²) < 4.78 is 22.4. The molecule has 1 atom stereocenters. The van der Waals surface area contributed by atoms with Gasteiger partial charge in [0.05, 0.1) is 0 Å². The van der Waals surface area contributed by atoms with Gasteiger partial charge in [0, 0.05) is 0 Å². The third-order valence-corrected chi connectivity index (χ3v) is 4.55. The molecule has 0 aliphatic heterocycles. The SMILES string of the molecule is C=CC(=O)NCc1ccc(S(=O)(=O)[AsH2])cc1. The van der Waals surface area contributed by atoms with Crippen molar-refractivity contribution >= 4 is 29.7 Å². The Hall–Kier alpha value is -1.06. The molecular weight excluding hydrogens is 289 g/mol. The summed E-state index contributed by atoms with van der Waals surface area (Å²) in [6, 6.07) is 6.42. The molecule has 6 heteroatoms. The van der Waals surface area contributed by atoms with Crippen molar-refractivity contribution in [2.45, 2.75) is 11.4 Å². The van der Waals surface area contributed by atoms with Gasteiger partial charge in [-0.1, -0.05) is 0 Å². The Bertz CT molecular complexity index is 493. The average molecular weight is 301 g/mol. The molecule has 0 aliphatic carbocycles. The summed E-state index contributed by atoms with van der Waals surface area (Å²) in [6.45, 7) is 3.69. The summed E-state index contributed by atoms with van der Waals surface area (Å²) in [6.07, 6.45) is 1.19. The topological polar surface area (TPSA) is 63.2 Å². The molecular formula is C10H12AsNO3S. The first-order valence-electron chi connectivity index (χ1n) is 4.45. The van der Waals surface area contributed by atoms with Crippen molar-refractivity contribution in [3.8, 4) is 0 Å². The van der Waals surface area contributed by atoms with E-state index >= 15 is 0 Å². The second-order valence-corrected chi connectivity index (χ2v) is 8.58. The van der Waals surface area contributed by atoms with E-state index in [2.05, 4.69) is 11.9 Å². The second kappa shape index (κ2) is 5.32. The molecule has 0 saturated carbocycles. The van der Waals surface area contributed by atoms with Crippen molar-refractivity contribution in [2.75, 3.05) is 0 Å².